The second kappa shape index (κ2) is 6.10. The molecule has 0 N–H and O–H groups in total. The van der Waals surface area contributed by atoms with Crippen LogP contribution in [0.5, 0.6) is 0 Å². The Bertz CT molecular complexity index is 852. The van der Waals surface area contributed by atoms with Gasteiger partial charge in [-0.05, 0) is 17.7 Å². The Morgan fingerprint density at radius 3 is 2.26 bits per heavy atom. The third-order valence-electron chi connectivity index (χ3n) is 3.83. The zero-order chi connectivity index (χ0) is 16.5. The van der Waals surface area contributed by atoms with Crippen molar-refractivity contribution in [3.63, 3.8) is 0 Å². The van der Waals surface area contributed by atoms with Crippen LogP contribution in [0.15, 0.2) is 53.1 Å². The normalized spacial score (nSPS) is 17.0. The van der Waals surface area contributed by atoms with Crippen LogP contribution in [-0.2, 0) is 31.4 Å². The number of hydrogen-bond donors (Lipinski definition) is 0. The van der Waals surface area contributed by atoms with Gasteiger partial charge in [0, 0.05) is 13.1 Å². The molecule has 1 saturated heterocycles. The number of benzene rings is 1. The summed E-state index contributed by atoms with van der Waals surface area (Å²) in [5.41, 5.74) is 0.689. The van der Waals surface area contributed by atoms with Gasteiger partial charge in [-0.15, -0.1) is 0 Å². The minimum absolute atomic E-state index is 0.0121. The minimum Gasteiger partial charge on any atom is -0.468 e. The first-order chi connectivity index (χ1) is 10.9. The van der Waals surface area contributed by atoms with Crippen LogP contribution in [0.2, 0.25) is 0 Å². The van der Waals surface area contributed by atoms with E-state index in [2.05, 4.69) is 0 Å². The van der Waals surface area contributed by atoms with Crippen molar-refractivity contribution in [2.75, 3.05) is 13.1 Å². The van der Waals surface area contributed by atoms with Crippen molar-refractivity contribution in [2.24, 2.45) is 0 Å². The molecule has 124 valence electrons. The third kappa shape index (κ3) is 3.65. The standard InChI is InChI=1S/C15H17NO5S2/c17-22(18,12-14-7-4-8-21-14)15-9-16(10-15)23(19,20)11-13-5-2-1-3-6-13/h1-8,15H,9-12H2. The van der Waals surface area contributed by atoms with Gasteiger partial charge < -0.3 is 4.42 Å². The van der Waals surface area contributed by atoms with Crippen LogP contribution in [0.1, 0.15) is 11.3 Å². The van der Waals surface area contributed by atoms with Gasteiger partial charge in [-0.2, -0.15) is 4.31 Å². The number of nitrogens with zero attached hydrogens (tertiary/aromatic N) is 1. The Morgan fingerprint density at radius 1 is 0.957 bits per heavy atom. The quantitative estimate of drug-likeness (QED) is 0.782. The highest BCUT2D eigenvalue weighted by Crippen LogP contribution is 2.25. The molecule has 0 saturated carbocycles. The lowest BCUT2D eigenvalue weighted by Crippen LogP contribution is -2.57. The summed E-state index contributed by atoms with van der Waals surface area (Å²) in [6.07, 6.45) is 1.42. The van der Waals surface area contributed by atoms with E-state index in [1.165, 1.54) is 10.6 Å². The minimum atomic E-state index is -3.49. The monoisotopic (exact) mass is 355 g/mol. The first-order valence-corrected chi connectivity index (χ1v) is 10.4. The Balaban J connectivity index is 1.62. The molecule has 0 atom stereocenters. The summed E-state index contributed by atoms with van der Waals surface area (Å²) in [6, 6.07) is 12.1. The Morgan fingerprint density at radius 2 is 1.65 bits per heavy atom. The lowest BCUT2D eigenvalue weighted by molar-refractivity contribution is 0.308. The number of sulfone groups is 1. The van der Waals surface area contributed by atoms with Crippen LogP contribution in [0.4, 0.5) is 0 Å². The highest BCUT2D eigenvalue weighted by atomic mass is 32.2. The molecule has 23 heavy (non-hydrogen) atoms. The van der Waals surface area contributed by atoms with Crippen molar-refractivity contribution >= 4 is 19.9 Å². The number of furan rings is 1. The highest BCUT2D eigenvalue weighted by Gasteiger charge is 2.43. The van der Waals surface area contributed by atoms with E-state index in [-0.39, 0.29) is 24.6 Å². The van der Waals surface area contributed by atoms with Gasteiger partial charge in [0.1, 0.15) is 11.5 Å². The van der Waals surface area contributed by atoms with Crippen LogP contribution in [-0.4, -0.2) is 39.5 Å². The first kappa shape index (κ1) is 16.2. The van der Waals surface area contributed by atoms with E-state index in [1.807, 2.05) is 6.07 Å². The van der Waals surface area contributed by atoms with Crippen molar-refractivity contribution in [3.05, 3.63) is 60.1 Å². The van der Waals surface area contributed by atoms with E-state index in [4.69, 9.17) is 4.42 Å². The molecule has 3 rings (SSSR count). The second-order valence-electron chi connectivity index (χ2n) is 5.57. The summed E-state index contributed by atoms with van der Waals surface area (Å²) >= 11 is 0. The van der Waals surface area contributed by atoms with Crippen LogP contribution in [0.3, 0.4) is 0 Å². The molecule has 0 aliphatic carbocycles. The Labute approximate surface area is 135 Å². The van der Waals surface area contributed by atoms with Gasteiger partial charge in [0.15, 0.2) is 9.84 Å². The molecule has 1 aliphatic rings. The van der Waals surface area contributed by atoms with Crippen LogP contribution < -0.4 is 0 Å². The van der Waals surface area contributed by atoms with Crippen LogP contribution in [0.25, 0.3) is 0 Å². The summed E-state index contributed by atoms with van der Waals surface area (Å²) in [4.78, 5) is 0. The molecular formula is C15H17NO5S2. The second-order valence-corrected chi connectivity index (χ2v) is 9.82. The molecule has 2 heterocycles. The molecule has 8 heteroatoms. The first-order valence-electron chi connectivity index (χ1n) is 7.12. The summed E-state index contributed by atoms with van der Waals surface area (Å²) in [7, 11) is -6.90. The van der Waals surface area contributed by atoms with Crippen molar-refractivity contribution < 1.29 is 21.3 Å². The fourth-order valence-corrected chi connectivity index (χ4v) is 5.85. The van der Waals surface area contributed by atoms with Gasteiger partial charge in [0.25, 0.3) is 0 Å². The maximum atomic E-state index is 12.3. The largest absolute Gasteiger partial charge is 0.468 e. The zero-order valence-electron chi connectivity index (χ0n) is 12.3. The van der Waals surface area contributed by atoms with Crippen molar-refractivity contribution in [3.8, 4) is 0 Å². The fraction of sp³-hybridized carbons (Fsp3) is 0.333. The highest BCUT2D eigenvalue weighted by molar-refractivity contribution is 7.92. The fourth-order valence-electron chi connectivity index (χ4n) is 2.44. The molecular weight excluding hydrogens is 338 g/mol. The van der Waals surface area contributed by atoms with Gasteiger partial charge in [-0.3, -0.25) is 0 Å². The molecule has 0 bridgehead atoms. The van der Waals surface area contributed by atoms with Crippen molar-refractivity contribution in [1.29, 1.82) is 0 Å². The summed E-state index contributed by atoms with van der Waals surface area (Å²) in [5, 5.41) is -0.668. The number of rotatable bonds is 6. The maximum absolute atomic E-state index is 12.3. The van der Waals surface area contributed by atoms with Gasteiger partial charge in [0.2, 0.25) is 10.0 Å². The van der Waals surface area contributed by atoms with E-state index in [1.54, 1.807) is 36.4 Å². The molecule has 1 fully saturated rings. The maximum Gasteiger partial charge on any atom is 0.218 e. The lowest BCUT2D eigenvalue weighted by Gasteiger charge is -2.37. The molecule has 0 spiro atoms. The van der Waals surface area contributed by atoms with E-state index in [0.29, 0.717) is 11.3 Å². The van der Waals surface area contributed by atoms with E-state index >= 15 is 0 Å². The predicted molar refractivity (Wildman–Crippen MR) is 85.8 cm³/mol. The van der Waals surface area contributed by atoms with E-state index < -0.39 is 25.1 Å². The molecule has 1 aromatic carbocycles. The SMILES string of the molecule is O=S(=O)(Cc1ccco1)C1CN(S(=O)(=O)Cc2ccccc2)C1. The van der Waals surface area contributed by atoms with Crippen molar-refractivity contribution in [2.45, 2.75) is 16.8 Å². The lowest BCUT2D eigenvalue weighted by atomic mass is 10.2. The summed E-state index contributed by atoms with van der Waals surface area (Å²) in [6.45, 7) is 0.0242. The summed E-state index contributed by atoms with van der Waals surface area (Å²) < 4.78 is 55.3. The molecule has 0 radical (unpaired) electrons. The number of hydrogen-bond acceptors (Lipinski definition) is 5. The Kier molecular flexibility index (Phi) is 4.31. The van der Waals surface area contributed by atoms with Crippen LogP contribution in [0, 0.1) is 0 Å². The topological polar surface area (TPSA) is 84.7 Å². The van der Waals surface area contributed by atoms with Gasteiger partial charge in [0.05, 0.1) is 17.3 Å². The smallest absolute Gasteiger partial charge is 0.218 e. The average molecular weight is 355 g/mol. The van der Waals surface area contributed by atoms with Gasteiger partial charge in [-0.25, -0.2) is 16.8 Å². The predicted octanol–water partition coefficient (Wildman–Crippen LogP) is 1.41. The molecule has 0 unspecified atom stereocenters. The number of sulfonamides is 1. The summed E-state index contributed by atoms with van der Waals surface area (Å²) in [5.74, 6) is 0.0614. The van der Waals surface area contributed by atoms with Gasteiger partial charge >= 0.3 is 0 Å². The Hall–Kier alpha value is -1.64. The van der Waals surface area contributed by atoms with Crippen molar-refractivity contribution in [1.82, 2.24) is 4.31 Å². The zero-order valence-corrected chi connectivity index (χ0v) is 14.0. The molecule has 1 aromatic heterocycles. The van der Waals surface area contributed by atoms with E-state index in [9.17, 15) is 16.8 Å². The molecule has 6 nitrogen and oxygen atoms in total. The van der Waals surface area contributed by atoms with E-state index in [0.717, 1.165) is 0 Å². The molecule has 0 amide bonds. The third-order valence-corrected chi connectivity index (χ3v) is 7.62. The van der Waals surface area contributed by atoms with Crippen LogP contribution >= 0.6 is 0 Å². The molecule has 2 aromatic rings. The molecule has 1 aliphatic heterocycles. The average Bonchev–Trinajstić information content (AvgIpc) is 2.88. The van der Waals surface area contributed by atoms with Gasteiger partial charge in [-0.1, -0.05) is 30.3 Å².